The number of piperidine rings is 1. The lowest BCUT2D eigenvalue weighted by Gasteiger charge is -2.29. The van der Waals surface area contributed by atoms with Crippen LogP contribution in [0.3, 0.4) is 0 Å². The molecule has 0 bridgehead atoms. The van der Waals surface area contributed by atoms with E-state index in [4.69, 9.17) is 0 Å². The summed E-state index contributed by atoms with van der Waals surface area (Å²) < 4.78 is 27.5. The Bertz CT molecular complexity index is 671. The highest BCUT2D eigenvalue weighted by Crippen LogP contribution is 2.22. The first-order valence-electron chi connectivity index (χ1n) is 7.99. The van der Waals surface area contributed by atoms with Gasteiger partial charge in [-0.05, 0) is 49.9 Å². The molecule has 1 aliphatic heterocycles. The molecule has 0 spiro atoms. The molecular weight excluding hydrogens is 313 g/mol. The van der Waals surface area contributed by atoms with Gasteiger partial charge >= 0.3 is 0 Å². The number of nitrogens with one attached hydrogen (secondary N) is 1. The fourth-order valence-corrected chi connectivity index (χ4v) is 4.61. The van der Waals surface area contributed by atoms with E-state index in [9.17, 15) is 8.60 Å². The summed E-state index contributed by atoms with van der Waals surface area (Å²) in [7, 11) is 0.822. The number of aromatic nitrogens is 2. The van der Waals surface area contributed by atoms with E-state index in [-0.39, 0.29) is 11.1 Å². The summed E-state index contributed by atoms with van der Waals surface area (Å²) in [5, 5.41) is 4.32. The van der Waals surface area contributed by atoms with Crippen molar-refractivity contribution in [2.24, 2.45) is 7.05 Å². The summed E-state index contributed by atoms with van der Waals surface area (Å²) in [6.07, 6.45) is 7.20. The highest BCUT2D eigenvalue weighted by atomic mass is 32.2. The van der Waals surface area contributed by atoms with Crippen molar-refractivity contribution in [2.45, 2.75) is 42.1 Å². The Morgan fingerprint density at radius 1 is 1.39 bits per heavy atom. The summed E-state index contributed by atoms with van der Waals surface area (Å²) >= 11 is 0. The van der Waals surface area contributed by atoms with E-state index in [2.05, 4.69) is 10.3 Å². The molecule has 3 unspecified atom stereocenters. The van der Waals surface area contributed by atoms with Crippen LogP contribution in [-0.4, -0.2) is 31.6 Å². The van der Waals surface area contributed by atoms with Crippen LogP contribution in [-0.2, 0) is 24.3 Å². The van der Waals surface area contributed by atoms with Crippen LogP contribution in [0.15, 0.2) is 41.8 Å². The maximum Gasteiger partial charge on any atom is 0.198 e. The van der Waals surface area contributed by atoms with Crippen LogP contribution in [0.25, 0.3) is 0 Å². The van der Waals surface area contributed by atoms with Crippen molar-refractivity contribution in [3.05, 3.63) is 48.0 Å². The molecule has 1 saturated heterocycles. The largest absolute Gasteiger partial charge is 0.327 e. The smallest absolute Gasteiger partial charge is 0.198 e. The van der Waals surface area contributed by atoms with Gasteiger partial charge < -0.3 is 9.88 Å². The van der Waals surface area contributed by atoms with Crippen LogP contribution in [0.5, 0.6) is 0 Å². The second-order valence-corrected chi connectivity index (χ2v) is 7.71. The average Bonchev–Trinajstić information content (AvgIpc) is 3.00. The maximum absolute atomic E-state index is 12.9. The lowest BCUT2D eigenvalue weighted by Crippen LogP contribution is -2.42. The molecule has 3 rings (SSSR count). The minimum atomic E-state index is -1.06. The van der Waals surface area contributed by atoms with Crippen molar-refractivity contribution >= 4 is 10.8 Å². The Balaban J connectivity index is 1.57. The molecule has 0 aliphatic carbocycles. The molecular formula is C17H22FN3OS. The maximum atomic E-state index is 12.9. The second kappa shape index (κ2) is 7.36. The number of imidazole rings is 1. The predicted octanol–water partition coefficient (Wildman–Crippen LogP) is 2.42. The molecule has 2 aromatic rings. The third-order valence-corrected chi connectivity index (χ3v) is 6.19. The van der Waals surface area contributed by atoms with Gasteiger partial charge in [0.05, 0.1) is 10.8 Å². The zero-order chi connectivity index (χ0) is 16.2. The molecule has 124 valence electrons. The molecule has 1 aliphatic rings. The molecule has 3 atom stereocenters. The van der Waals surface area contributed by atoms with E-state index in [1.165, 1.54) is 12.1 Å². The fraction of sp³-hybridized carbons (Fsp3) is 0.471. The number of aryl methyl sites for hydroxylation is 2. The molecule has 6 heteroatoms. The van der Waals surface area contributed by atoms with Crippen LogP contribution in [0.1, 0.15) is 24.8 Å². The quantitative estimate of drug-likeness (QED) is 0.913. The minimum Gasteiger partial charge on any atom is -0.327 e. The third-order valence-electron chi connectivity index (χ3n) is 4.40. The summed E-state index contributed by atoms with van der Waals surface area (Å²) in [6, 6.07) is 7.03. The van der Waals surface area contributed by atoms with Crippen LogP contribution in [0.2, 0.25) is 0 Å². The average molecular weight is 335 g/mol. The molecule has 23 heavy (non-hydrogen) atoms. The Kier molecular flexibility index (Phi) is 5.23. The highest BCUT2D eigenvalue weighted by Gasteiger charge is 2.28. The SMILES string of the molecule is Cn1ccnc1S(=O)C1CCNC(CCc2ccc(F)cc2)C1. The molecule has 0 saturated carbocycles. The van der Waals surface area contributed by atoms with Gasteiger partial charge in [-0.2, -0.15) is 0 Å². The number of nitrogens with zero attached hydrogens (tertiary/aromatic N) is 2. The van der Waals surface area contributed by atoms with E-state index < -0.39 is 10.8 Å². The van der Waals surface area contributed by atoms with E-state index in [1.54, 1.807) is 6.20 Å². The Morgan fingerprint density at radius 2 is 2.17 bits per heavy atom. The van der Waals surface area contributed by atoms with Crippen molar-refractivity contribution in [3.63, 3.8) is 0 Å². The molecule has 1 fully saturated rings. The fourth-order valence-electron chi connectivity index (χ4n) is 3.07. The normalized spacial score (nSPS) is 22.9. The van der Waals surface area contributed by atoms with Gasteiger partial charge in [-0.3, -0.25) is 4.21 Å². The molecule has 1 aromatic carbocycles. The summed E-state index contributed by atoms with van der Waals surface area (Å²) in [5.74, 6) is -0.199. The van der Waals surface area contributed by atoms with Gasteiger partial charge in [0.2, 0.25) is 0 Å². The zero-order valence-electron chi connectivity index (χ0n) is 13.2. The first kappa shape index (κ1) is 16.3. The standard InChI is InChI=1S/C17H22FN3OS/c1-21-11-10-20-17(21)23(22)16-8-9-19-15(12-16)7-4-13-2-5-14(18)6-3-13/h2-3,5-6,10-11,15-16,19H,4,7-9,12H2,1H3. The number of benzene rings is 1. The Labute approximate surface area is 138 Å². The number of hydrogen-bond donors (Lipinski definition) is 1. The predicted molar refractivity (Wildman–Crippen MR) is 89.2 cm³/mol. The van der Waals surface area contributed by atoms with Gasteiger partial charge in [-0.15, -0.1) is 0 Å². The van der Waals surface area contributed by atoms with Crippen LogP contribution >= 0.6 is 0 Å². The van der Waals surface area contributed by atoms with E-state index in [0.717, 1.165) is 37.8 Å². The monoisotopic (exact) mass is 335 g/mol. The lowest BCUT2D eigenvalue weighted by molar-refractivity contribution is 0.385. The van der Waals surface area contributed by atoms with Gasteiger partial charge in [0.15, 0.2) is 5.16 Å². The van der Waals surface area contributed by atoms with Crippen molar-refractivity contribution < 1.29 is 8.60 Å². The number of halogens is 1. The molecule has 1 N–H and O–H groups in total. The van der Waals surface area contributed by atoms with Gasteiger partial charge in [0.1, 0.15) is 5.82 Å². The van der Waals surface area contributed by atoms with Gasteiger partial charge in [-0.1, -0.05) is 12.1 Å². The number of hydrogen-bond acceptors (Lipinski definition) is 3. The van der Waals surface area contributed by atoms with Crippen LogP contribution < -0.4 is 5.32 Å². The molecule has 4 nitrogen and oxygen atoms in total. The zero-order valence-corrected chi connectivity index (χ0v) is 14.1. The summed E-state index contributed by atoms with van der Waals surface area (Å²) in [5.41, 5.74) is 1.14. The topological polar surface area (TPSA) is 46.9 Å². The van der Waals surface area contributed by atoms with Crippen molar-refractivity contribution in [2.75, 3.05) is 6.54 Å². The minimum absolute atomic E-state index is 0.149. The van der Waals surface area contributed by atoms with E-state index >= 15 is 0 Å². The molecule has 2 heterocycles. The highest BCUT2D eigenvalue weighted by molar-refractivity contribution is 7.85. The summed E-state index contributed by atoms with van der Waals surface area (Å²) in [6.45, 7) is 0.884. The van der Waals surface area contributed by atoms with Crippen LogP contribution in [0, 0.1) is 5.82 Å². The molecule has 1 aromatic heterocycles. The third kappa shape index (κ3) is 4.06. The molecule has 0 radical (unpaired) electrons. The molecule has 0 amide bonds. The summed E-state index contributed by atoms with van der Waals surface area (Å²) in [4.78, 5) is 4.22. The van der Waals surface area contributed by atoms with Crippen molar-refractivity contribution in [1.82, 2.24) is 14.9 Å². The van der Waals surface area contributed by atoms with Gasteiger partial charge in [-0.25, -0.2) is 9.37 Å². The second-order valence-electron chi connectivity index (χ2n) is 6.08. The first-order valence-corrected chi connectivity index (χ1v) is 9.20. The van der Waals surface area contributed by atoms with Crippen molar-refractivity contribution in [1.29, 1.82) is 0 Å². The van der Waals surface area contributed by atoms with Crippen LogP contribution in [0.4, 0.5) is 4.39 Å². The Morgan fingerprint density at radius 3 is 2.87 bits per heavy atom. The number of rotatable bonds is 5. The van der Waals surface area contributed by atoms with Gasteiger partial charge in [0.25, 0.3) is 0 Å². The first-order chi connectivity index (χ1) is 11.1. The Hall–Kier alpha value is -1.53. The van der Waals surface area contributed by atoms with Gasteiger partial charge in [0, 0.05) is 30.7 Å². The van der Waals surface area contributed by atoms with Crippen molar-refractivity contribution in [3.8, 4) is 0 Å². The lowest BCUT2D eigenvalue weighted by atomic mass is 9.97. The van der Waals surface area contributed by atoms with E-state index in [1.807, 2.05) is 29.9 Å². The van der Waals surface area contributed by atoms with E-state index in [0.29, 0.717) is 11.2 Å².